The number of oxazole rings is 1. The molecule has 2 rings (SSSR count). The van der Waals surface area contributed by atoms with E-state index in [0.29, 0.717) is 17.5 Å². The highest BCUT2D eigenvalue weighted by atomic mass is 79.9. The van der Waals surface area contributed by atoms with Crippen molar-refractivity contribution in [1.29, 1.82) is 0 Å². The average molecular weight is 256 g/mol. The van der Waals surface area contributed by atoms with Gasteiger partial charge in [-0.15, -0.1) is 0 Å². The molecule has 0 atom stereocenters. The summed E-state index contributed by atoms with van der Waals surface area (Å²) in [7, 11) is 0. The number of fused-ring (bicyclic) bond motifs is 1. The van der Waals surface area contributed by atoms with Gasteiger partial charge in [0.15, 0.2) is 5.58 Å². The third-order valence-electron chi connectivity index (χ3n) is 1.86. The highest BCUT2D eigenvalue weighted by Gasteiger charge is 2.06. The van der Waals surface area contributed by atoms with E-state index >= 15 is 0 Å². The topological polar surface area (TPSA) is 63.1 Å². The minimum absolute atomic E-state index is 0.309. The zero-order valence-corrected chi connectivity index (χ0v) is 8.63. The summed E-state index contributed by atoms with van der Waals surface area (Å²) in [5.74, 6) is -0.496. The van der Waals surface area contributed by atoms with Crippen LogP contribution in [0.5, 0.6) is 0 Å². The lowest BCUT2D eigenvalue weighted by Crippen LogP contribution is -1.93. The van der Waals surface area contributed by atoms with Crippen LogP contribution >= 0.6 is 15.9 Å². The molecule has 4 nitrogen and oxygen atoms in total. The van der Waals surface area contributed by atoms with Crippen molar-refractivity contribution in [3.63, 3.8) is 0 Å². The lowest BCUT2D eigenvalue weighted by atomic mass is 10.1. The van der Waals surface area contributed by atoms with Crippen molar-refractivity contribution in [2.24, 2.45) is 0 Å². The average Bonchev–Trinajstić information content (AvgIpc) is 2.47. The van der Waals surface area contributed by atoms with Gasteiger partial charge in [0.05, 0.1) is 0 Å². The molecule has 5 heteroatoms. The van der Waals surface area contributed by atoms with Gasteiger partial charge in [0.1, 0.15) is 11.8 Å². The van der Waals surface area contributed by atoms with Crippen molar-refractivity contribution in [1.82, 2.24) is 4.98 Å². The van der Waals surface area contributed by atoms with Crippen LogP contribution in [-0.2, 0) is 11.2 Å². The van der Waals surface area contributed by atoms with Crippen molar-refractivity contribution in [2.75, 3.05) is 0 Å². The number of H-pyrrole nitrogens is 1. The van der Waals surface area contributed by atoms with Crippen LogP contribution in [0.25, 0.3) is 11.1 Å². The van der Waals surface area contributed by atoms with E-state index in [1.54, 1.807) is 12.1 Å². The SMILES string of the molecule is O=CCc1cc(Br)c2[nH]c(=O)oc2c1. The van der Waals surface area contributed by atoms with Gasteiger partial charge in [-0.25, -0.2) is 4.79 Å². The van der Waals surface area contributed by atoms with Crippen molar-refractivity contribution >= 4 is 33.3 Å². The number of aromatic amines is 1. The number of halogens is 1. The number of rotatable bonds is 2. The number of carbonyl (C=O) groups excluding carboxylic acids is 1. The van der Waals surface area contributed by atoms with E-state index in [9.17, 15) is 9.59 Å². The maximum atomic E-state index is 10.9. The smallest absolute Gasteiger partial charge is 0.408 e. The zero-order chi connectivity index (χ0) is 10.1. The van der Waals surface area contributed by atoms with Crippen LogP contribution in [0.2, 0.25) is 0 Å². The van der Waals surface area contributed by atoms with Gasteiger partial charge in [-0.3, -0.25) is 4.98 Å². The molecule has 14 heavy (non-hydrogen) atoms. The first kappa shape index (κ1) is 9.21. The summed E-state index contributed by atoms with van der Waals surface area (Å²) in [6.45, 7) is 0. The largest absolute Gasteiger partial charge is 0.417 e. The zero-order valence-electron chi connectivity index (χ0n) is 7.04. The Morgan fingerprint density at radius 2 is 2.29 bits per heavy atom. The van der Waals surface area contributed by atoms with Crippen LogP contribution < -0.4 is 5.76 Å². The molecule has 1 N–H and O–H groups in total. The summed E-state index contributed by atoms with van der Waals surface area (Å²) in [6, 6.07) is 3.45. The number of aldehydes is 1. The summed E-state index contributed by atoms with van der Waals surface area (Å²) in [4.78, 5) is 23.7. The van der Waals surface area contributed by atoms with Gasteiger partial charge in [-0.2, -0.15) is 0 Å². The van der Waals surface area contributed by atoms with Crippen molar-refractivity contribution in [3.8, 4) is 0 Å². The molecule has 0 aliphatic carbocycles. The molecular formula is C9H6BrNO3. The van der Waals surface area contributed by atoms with E-state index in [-0.39, 0.29) is 0 Å². The normalized spacial score (nSPS) is 10.6. The highest BCUT2D eigenvalue weighted by molar-refractivity contribution is 9.10. The number of aromatic nitrogens is 1. The molecule has 0 aliphatic heterocycles. The molecule has 0 fully saturated rings. The van der Waals surface area contributed by atoms with Gasteiger partial charge in [0.25, 0.3) is 0 Å². The Hall–Kier alpha value is -1.36. The summed E-state index contributed by atoms with van der Waals surface area (Å²) >= 11 is 3.28. The van der Waals surface area contributed by atoms with Gasteiger partial charge in [-0.1, -0.05) is 0 Å². The molecular weight excluding hydrogens is 250 g/mol. The number of benzene rings is 1. The van der Waals surface area contributed by atoms with E-state index in [4.69, 9.17) is 4.42 Å². The Bertz CT molecular complexity index is 540. The predicted molar refractivity (Wildman–Crippen MR) is 54.3 cm³/mol. The van der Waals surface area contributed by atoms with E-state index in [0.717, 1.165) is 16.3 Å². The van der Waals surface area contributed by atoms with E-state index in [1.165, 1.54) is 0 Å². The summed E-state index contributed by atoms with van der Waals surface area (Å²) in [6.07, 6.45) is 1.11. The van der Waals surface area contributed by atoms with Crippen molar-refractivity contribution < 1.29 is 9.21 Å². The van der Waals surface area contributed by atoms with Crippen LogP contribution in [0.15, 0.2) is 25.8 Å². The van der Waals surface area contributed by atoms with Gasteiger partial charge in [0, 0.05) is 10.9 Å². The predicted octanol–water partition coefficient (Wildman–Crippen LogP) is 1.62. The fourth-order valence-corrected chi connectivity index (χ4v) is 1.87. The molecule has 1 aromatic heterocycles. The minimum Gasteiger partial charge on any atom is -0.408 e. The Balaban J connectivity index is 2.70. The molecule has 0 unspecified atom stereocenters. The number of nitrogens with one attached hydrogen (secondary N) is 1. The van der Waals surface area contributed by atoms with E-state index < -0.39 is 5.76 Å². The van der Waals surface area contributed by atoms with Gasteiger partial charge >= 0.3 is 5.76 Å². The van der Waals surface area contributed by atoms with Crippen molar-refractivity contribution in [2.45, 2.75) is 6.42 Å². The van der Waals surface area contributed by atoms with Gasteiger partial charge in [-0.05, 0) is 33.6 Å². The standard InChI is InChI=1S/C9H6BrNO3/c10-6-3-5(1-2-12)4-7-8(6)11-9(13)14-7/h2-4H,1H2,(H,11,13). The Morgan fingerprint density at radius 3 is 3.00 bits per heavy atom. The van der Waals surface area contributed by atoms with Gasteiger partial charge in [0.2, 0.25) is 0 Å². The number of hydrogen-bond donors (Lipinski definition) is 1. The molecule has 0 radical (unpaired) electrons. The molecule has 0 aliphatic rings. The molecule has 0 amide bonds. The second kappa shape index (κ2) is 3.42. The van der Waals surface area contributed by atoms with Crippen LogP contribution in [0.3, 0.4) is 0 Å². The fraction of sp³-hybridized carbons (Fsp3) is 0.111. The first-order valence-electron chi connectivity index (χ1n) is 3.95. The first-order chi connectivity index (χ1) is 6.70. The van der Waals surface area contributed by atoms with Crippen LogP contribution in [0, 0.1) is 0 Å². The minimum atomic E-state index is -0.496. The molecule has 0 bridgehead atoms. The summed E-state index contributed by atoms with van der Waals surface area (Å²) < 4.78 is 5.60. The van der Waals surface area contributed by atoms with Crippen LogP contribution in [0.4, 0.5) is 0 Å². The summed E-state index contributed by atoms with van der Waals surface area (Å²) in [5, 5.41) is 0. The maximum absolute atomic E-state index is 10.9. The molecule has 1 aromatic carbocycles. The molecule has 0 spiro atoms. The second-order valence-electron chi connectivity index (χ2n) is 2.84. The van der Waals surface area contributed by atoms with E-state index in [1.807, 2.05) is 0 Å². The van der Waals surface area contributed by atoms with E-state index in [2.05, 4.69) is 20.9 Å². The molecule has 72 valence electrons. The maximum Gasteiger partial charge on any atom is 0.417 e. The Morgan fingerprint density at radius 1 is 1.50 bits per heavy atom. The molecule has 0 saturated carbocycles. The second-order valence-corrected chi connectivity index (χ2v) is 3.69. The molecule has 0 saturated heterocycles. The van der Waals surface area contributed by atoms with Crippen LogP contribution in [-0.4, -0.2) is 11.3 Å². The fourth-order valence-electron chi connectivity index (χ4n) is 1.28. The van der Waals surface area contributed by atoms with Crippen molar-refractivity contribution in [3.05, 3.63) is 32.7 Å². The molecule has 1 heterocycles. The monoisotopic (exact) mass is 255 g/mol. The quantitative estimate of drug-likeness (QED) is 0.830. The summed E-state index contributed by atoms with van der Waals surface area (Å²) in [5.41, 5.74) is 1.88. The Labute approximate surface area is 87.0 Å². The number of carbonyl (C=O) groups is 1. The highest BCUT2D eigenvalue weighted by Crippen LogP contribution is 2.23. The number of hydrogen-bond acceptors (Lipinski definition) is 3. The lowest BCUT2D eigenvalue weighted by molar-refractivity contribution is -0.107. The first-order valence-corrected chi connectivity index (χ1v) is 4.75. The lowest BCUT2D eigenvalue weighted by Gasteiger charge is -1.96. The third-order valence-corrected chi connectivity index (χ3v) is 2.49. The van der Waals surface area contributed by atoms with Gasteiger partial charge < -0.3 is 9.21 Å². The third kappa shape index (κ3) is 1.50. The van der Waals surface area contributed by atoms with Crippen LogP contribution in [0.1, 0.15) is 5.56 Å². The Kier molecular flexibility index (Phi) is 2.25. The molecule has 2 aromatic rings.